The van der Waals surface area contributed by atoms with E-state index in [2.05, 4.69) is 10.3 Å². The lowest BCUT2D eigenvalue weighted by Crippen LogP contribution is -2.22. The topological polar surface area (TPSA) is 48.0 Å². The number of phenols is 1. The molecule has 3 rings (SSSR count). The molecule has 0 amide bonds. The molecule has 1 aromatic carbocycles. The van der Waals surface area contributed by atoms with E-state index in [4.69, 9.17) is 0 Å². The summed E-state index contributed by atoms with van der Waals surface area (Å²) in [4.78, 5) is 3.39. The minimum atomic E-state index is 0.338. The highest BCUT2D eigenvalue weighted by Crippen LogP contribution is 2.27. The van der Waals surface area contributed by atoms with Crippen LogP contribution in [0.1, 0.15) is 11.3 Å². The van der Waals surface area contributed by atoms with E-state index in [9.17, 15) is 5.11 Å². The molecule has 0 saturated heterocycles. The smallest absolute Gasteiger partial charge is 0.116 e. The Morgan fingerprint density at radius 2 is 2.21 bits per heavy atom. The van der Waals surface area contributed by atoms with E-state index in [-0.39, 0.29) is 0 Å². The lowest BCUT2D eigenvalue weighted by Gasteiger charge is -2.12. The number of nitrogens with one attached hydrogen (secondary N) is 2. The Morgan fingerprint density at radius 3 is 3.14 bits per heavy atom. The van der Waals surface area contributed by atoms with Crippen LogP contribution in [0.15, 0.2) is 18.2 Å². The third kappa shape index (κ3) is 1.02. The molecule has 1 aliphatic heterocycles. The molecule has 0 spiro atoms. The van der Waals surface area contributed by atoms with Gasteiger partial charge in [-0.15, -0.1) is 0 Å². The van der Waals surface area contributed by atoms with Crippen LogP contribution in [0.4, 0.5) is 0 Å². The van der Waals surface area contributed by atoms with Gasteiger partial charge in [0.05, 0.1) is 0 Å². The van der Waals surface area contributed by atoms with Crippen molar-refractivity contribution in [1.29, 1.82) is 0 Å². The normalized spacial score (nSPS) is 15.7. The minimum absolute atomic E-state index is 0.338. The first-order valence-electron chi connectivity index (χ1n) is 4.88. The standard InChI is InChI=1S/C11H12N2O/c14-7-1-2-10-8(5-7)9-6-12-4-3-11(9)13-10/h1-2,5,12-14H,3-4,6H2. The highest BCUT2D eigenvalue weighted by atomic mass is 16.3. The van der Waals surface area contributed by atoms with Crippen LogP contribution >= 0.6 is 0 Å². The third-order valence-corrected chi connectivity index (χ3v) is 2.83. The molecule has 14 heavy (non-hydrogen) atoms. The highest BCUT2D eigenvalue weighted by Gasteiger charge is 2.14. The van der Waals surface area contributed by atoms with E-state index in [1.54, 1.807) is 6.07 Å². The molecule has 0 bridgehead atoms. The maximum absolute atomic E-state index is 9.42. The van der Waals surface area contributed by atoms with Crippen LogP contribution in [0.5, 0.6) is 5.75 Å². The highest BCUT2D eigenvalue weighted by molar-refractivity contribution is 5.86. The Balaban J connectivity index is 2.32. The second-order valence-electron chi connectivity index (χ2n) is 3.74. The fourth-order valence-electron chi connectivity index (χ4n) is 2.13. The van der Waals surface area contributed by atoms with Crippen molar-refractivity contribution in [2.75, 3.05) is 6.54 Å². The van der Waals surface area contributed by atoms with Crippen LogP contribution in [0.2, 0.25) is 0 Å². The first-order chi connectivity index (χ1) is 6.84. The number of aromatic hydroxyl groups is 1. The lowest BCUT2D eigenvalue weighted by molar-refractivity contribution is 0.476. The quantitative estimate of drug-likeness (QED) is 0.587. The van der Waals surface area contributed by atoms with Gasteiger partial charge in [-0.1, -0.05) is 0 Å². The Labute approximate surface area is 81.8 Å². The fraction of sp³-hybridized carbons (Fsp3) is 0.273. The molecule has 72 valence electrons. The van der Waals surface area contributed by atoms with E-state index in [0.29, 0.717) is 5.75 Å². The first kappa shape index (κ1) is 7.88. The lowest BCUT2D eigenvalue weighted by atomic mass is 10.1. The molecular weight excluding hydrogens is 176 g/mol. The molecular formula is C11H12N2O. The second kappa shape index (κ2) is 2.75. The molecule has 2 heterocycles. The monoisotopic (exact) mass is 188 g/mol. The summed E-state index contributed by atoms with van der Waals surface area (Å²) in [5, 5.41) is 13.9. The van der Waals surface area contributed by atoms with E-state index < -0.39 is 0 Å². The summed E-state index contributed by atoms with van der Waals surface area (Å²) in [6.07, 6.45) is 1.05. The minimum Gasteiger partial charge on any atom is -0.508 e. The molecule has 0 aliphatic carbocycles. The van der Waals surface area contributed by atoms with E-state index in [1.807, 2.05) is 12.1 Å². The maximum atomic E-state index is 9.42. The summed E-state index contributed by atoms with van der Waals surface area (Å²) in [5.41, 5.74) is 3.74. The molecule has 0 unspecified atom stereocenters. The van der Waals surface area contributed by atoms with Crippen molar-refractivity contribution >= 4 is 10.9 Å². The van der Waals surface area contributed by atoms with Gasteiger partial charge in [0.25, 0.3) is 0 Å². The SMILES string of the molecule is Oc1ccc2[nH]c3c(c2c1)CNCC3. The summed E-state index contributed by atoms with van der Waals surface area (Å²) in [6, 6.07) is 5.48. The molecule has 1 aromatic heterocycles. The second-order valence-corrected chi connectivity index (χ2v) is 3.74. The van der Waals surface area contributed by atoms with Gasteiger partial charge < -0.3 is 15.4 Å². The number of aromatic amines is 1. The number of phenolic OH excluding ortho intramolecular Hbond substituents is 1. The van der Waals surface area contributed by atoms with Crippen LogP contribution < -0.4 is 5.32 Å². The van der Waals surface area contributed by atoms with Gasteiger partial charge in [-0.05, 0) is 23.8 Å². The van der Waals surface area contributed by atoms with Crippen molar-refractivity contribution in [2.45, 2.75) is 13.0 Å². The van der Waals surface area contributed by atoms with Crippen LogP contribution in [-0.2, 0) is 13.0 Å². The zero-order valence-corrected chi connectivity index (χ0v) is 7.80. The molecule has 1 aliphatic rings. The molecule has 0 atom stereocenters. The zero-order chi connectivity index (χ0) is 9.54. The molecule has 0 fully saturated rings. The van der Waals surface area contributed by atoms with Crippen molar-refractivity contribution in [3.8, 4) is 5.75 Å². The van der Waals surface area contributed by atoms with Crippen molar-refractivity contribution in [3.05, 3.63) is 29.5 Å². The number of aromatic nitrogens is 1. The van der Waals surface area contributed by atoms with Crippen LogP contribution in [0.25, 0.3) is 10.9 Å². The summed E-state index contributed by atoms with van der Waals surface area (Å²) in [5.74, 6) is 0.338. The molecule has 0 radical (unpaired) electrons. The number of benzene rings is 1. The Kier molecular flexibility index (Phi) is 1.55. The zero-order valence-electron chi connectivity index (χ0n) is 7.80. The average molecular weight is 188 g/mol. The molecule has 3 nitrogen and oxygen atoms in total. The van der Waals surface area contributed by atoms with Crippen molar-refractivity contribution < 1.29 is 5.11 Å². The van der Waals surface area contributed by atoms with Crippen molar-refractivity contribution in [2.24, 2.45) is 0 Å². The van der Waals surface area contributed by atoms with Gasteiger partial charge in [0.1, 0.15) is 5.75 Å². The van der Waals surface area contributed by atoms with Crippen LogP contribution in [0, 0.1) is 0 Å². The van der Waals surface area contributed by atoms with Crippen molar-refractivity contribution in [3.63, 3.8) is 0 Å². The van der Waals surface area contributed by atoms with E-state index in [0.717, 1.165) is 30.4 Å². The summed E-state index contributed by atoms with van der Waals surface area (Å²) >= 11 is 0. The van der Waals surface area contributed by atoms with Crippen LogP contribution in [-0.4, -0.2) is 16.6 Å². The molecule has 3 heteroatoms. The third-order valence-electron chi connectivity index (χ3n) is 2.83. The van der Waals surface area contributed by atoms with Gasteiger partial charge in [0, 0.05) is 36.1 Å². The fourth-order valence-corrected chi connectivity index (χ4v) is 2.13. The first-order valence-corrected chi connectivity index (χ1v) is 4.88. The van der Waals surface area contributed by atoms with Gasteiger partial charge in [-0.25, -0.2) is 0 Å². The average Bonchev–Trinajstić information content (AvgIpc) is 2.56. The number of H-pyrrole nitrogens is 1. The number of fused-ring (bicyclic) bond motifs is 3. The number of hydrogen-bond donors (Lipinski definition) is 3. The van der Waals surface area contributed by atoms with E-state index in [1.165, 1.54) is 11.3 Å². The Bertz CT molecular complexity index is 487. The summed E-state index contributed by atoms with van der Waals surface area (Å²) in [7, 11) is 0. The molecule has 3 N–H and O–H groups in total. The summed E-state index contributed by atoms with van der Waals surface area (Å²) in [6.45, 7) is 1.94. The van der Waals surface area contributed by atoms with Gasteiger partial charge in [0.2, 0.25) is 0 Å². The van der Waals surface area contributed by atoms with Gasteiger partial charge >= 0.3 is 0 Å². The van der Waals surface area contributed by atoms with Gasteiger partial charge in [0.15, 0.2) is 0 Å². The van der Waals surface area contributed by atoms with E-state index >= 15 is 0 Å². The van der Waals surface area contributed by atoms with Crippen LogP contribution in [0.3, 0.4) is 0 Å². The largest absolute Gasteiger partial charge is 0.508 e. The van der Waals surface area contributed by atoms with Gasteiger partial charge in [-0.2, -0.15) is 0 Å². The predicted molar refractivity (Wildman–Crippen MR) is 55.4 cm³/mol. The van der Waals surface area contributed by atoms with Crippen molar-refractivity contribution in [1.82, 2.24) is 10.3 Å². The number of hydrogen-bond acceptors (Lipinski definition) is 2. The maximum Gasteiger partial charge on any atom is 0.116 e. The Hall–Kier alpha value is -1.48. The molecule has 2 aromatic rings. The summed E-state index contributed by atoms with van der Waals surface area (Å²) < 4.78 is 0. The predicted octanol–water partition coefficient (Wildman–Crippen LogP) is 1.52. The number of rotatable bonds is 0. The Morgan fingerprint density at radius 1 is 1.29 bits per heavy atom. The van der Waals surface area contributed by atoms with Gasteiger partial charge in [-0.3, -0.25) is 0 Å². The molecule has 0 saturated carbocycles.